The lowest BCUT2D eigenvalue weighted by atomic mass is 11.7. The van der Waals surface area contributed by atoms with E-state index in [-0.39, 0.29) is 0 Å². The predicted octanol–water partition coefficient (Wildman–Crippen LogP) is 1.24. The quantitative estimate of drug-likeness (QED) is 0.411. The third kappa shape index (κ3) is 0.362. The van der Waals surface area contributed by atoms with Gasteiger partial charge in [0.15, 0.2) is 4.50 Å². The van der Waals surface area contributed by atoms with Crippen LogP contribution in [0.3, 0.4) is 0 Å². The van der Waals surface area contributed by atoms with Crippen molar-refractivity contribution in [2.24, 2.45) is 4.40 Å². The van der Waals surface area contributed by atoms with Gasteiger partial charge in [0.25, 0.3) is 0 Å². The molecule has 0 atom stereocenters. The van der Waals surface area contributed by atoms with Crippen LogP contribution in [0.1, 0.15) is 0 Å². The largest absolute Gasteiger partial charge is 0.193 e. The molecule has 0 saturated heterocycles. The van der Waals surface area contributed by atoms with Gasteiger partial charge in [0, 0.05) is 11.9 Å². The lowest BCUT2D eigenvalue weighted by Gasteiger charge is -1.32. The molecule has 0 radical (unpaired) electrons. The van der Waals surface area contributed by atoms with Crippen LogP contribution in [0.2, 0.25) is 0 Å². The Hall–Kier alpha value is 0.310. The van der Waals surface area contributed by atoms with Crippen molar-refractivity contribution in [3.8, 4) is 0 Å². The smallest absolute Gasteiger partial charge is 0.188 e. The molecular weight excluding hydrogens is 93.5 g/mol. The van der Waals surface area contributed by atoms with Crippen LogP contribution in [0, 0.1) is 0 Å². The molecule has 0 aliphatic carbocycles. The molecule has 1 heterocycles. The molecule has 0 unspecified atom stereocenters. The van der Waals surface area contributed by atoms with Crippen LogP contribution in [0.25, 0.3) is 0 Å². The summed E-state index contributed by atoms with van der Waals surface area (Å²) >= 11 is 6.43. The number of nitrogens with zero attached hydrogens (tertiary/aromatic N) is 1. The molecule has 3 heteroatoms. The summed E-state index contributed by atoms with van der Waals surface area (Å²) in [4.78, 5) is 0. The Morgan fingerprint density at radius 2 is 2.25 bits per heavy atom. The van der Waals surface area contributed by atoms with E-state index in [0.29, 0.717) is 4.50 Å². The number of rotatable bonds is 0. The van der Waals surface area contributed by atoms with E-state index in [0.717, 1.165) is 0 Å². The van der Waals surface area contributed by atoms with Gasteiger partial charge in [-0.2, -0.15) is 4.40 Å². The zero-order chi connectivity index (χ0) is 2.99. The van der Waals surface area contributed by atoms with Gasteiger partial charge in [-0.15, -0.1) is 0 Å². The second-order valence-electron chi connectivity index (χ2n) is 0.436. The Morgan fingerprint density at radius 3 is 2.25 bits per heavy atom. The Labute approximate surface area is 33.2 Å². The minimum atomic E-state index is 0.681. The molecule has 0 aromatic carbocycles. The molecule has 0 aromatic heterocycles. The molecule has 1 aliphatic heterocycles. The summed E-state index contributed by atoms with van der Waals surface area (Å²) in [6.45, 7) is 0. The van der Waals surface area contributed by atoms with Gasteiger partial charge in [0.2, 0.25) is 0 Å². The molecule has 0 aromatic rings. The van der Waals surface area contributed by atoms with Gasteiger partial charge in [0.05, 0.1) is 0 Å². The molecule has 0 saturated carbocycles. The molecule has 1 rings (SSSR count). The van der Waals surface area contributed by atoms with Crippen molar-refractivity contribution in [3.05, 3.63) is 0 Å². The standard InChI is InChI=1S/CClNS/c2-1-3-4-1. The third-order valence-corrected chi connectivity index (χ3v) is 0.895. The van der Waals surface area contributed by atoms with Crippen LogP contribution < -0.4 is 0 Å². The summed E-state index contributed by atoms with van der Waals surface area (Å²) < 4.78 is 4.18. The van der Waals surface area contributed by atoms with Gasteiger partial charge in [-0.05, 0) is 0 Å². The van der Waals surface area contributed by atoms with Crippen LogP contribution in [-0.2, 0) is 0 Å². The highest BCUT2D eigenvalue weighted by Gasteiger charge is 2.03. The molecule has 0 N–H and O–H groups in total. The van der Waals surface area contributed by atoms with E-state index in [1.54, 1.807) is 0 Å². The molecule has 1 aliphatic rings. The molecule has 0 bridgehead atoms. The van der Waals surface area contributed by atoms with Crippen LogP contribution in [-0.4, -0.2) is 4.50 Å². The number of hydrogen-bond donors (Lipinski definition) is 0. The molecule has 4 heavy (non-hydrogen) atoms. The van der Waals surface area contributed by atoms with E-state index in [4.69, 9.17) is 11.6 Å². The first-order valence-electron chi connectivity index (χ1n) is 0.799. The Bertz CT molecular complexity index is 59.1. The van der Waals surface area contributed by atoms with Crippen LogP contribution in [0.5, 0.6) is 0 Å². The highest BCUT2D eigenvalue weighted by atomic mass is 35.5. The van der Waals surface area contributed by atoms with Crippen molar-refractivity contribution < 1.29 is 0 Å². The maximum absolute atomic E-state index is 5.10. The zero-order valence-corrected chi connectivity index (χ0v) is 3.31. The van der Waals surface area contributed by atoms with Gasteiger partial charge in [-0.3, -0.25) is 0 Å². The van der Waals surface area contributed by atoms with E-state index < -0.39 is 0 Å². The maximum atomic E-state index is 5.10. The summed E-state index contributed by atoms with van der Waals surface area (Å²) in [6, 6.07) is 0. The molecule has 0 fully saturated rings. The normalized spacial score (nSPS) is 19.8. The Morgan fingerprint density at radius 1 is 2.00 bits per heavy atom. The minimum Gasteiger partial charge on any atom is -0.188 e. The minimum absolute atomic E-state index is 0.681. The van der Waals surface area contributed by atoms with Crippen molar-refractivity contribution in [1.29, 1.82) is 0 Å². The molecule has 1 nitrogen and oxygen atoms in total. The predicted molar refractivity (Wildman–Crippen MR) is 20.9 cm³/mol. The Balaban J connectivity index is 2.54. The lowest BCUT2D eigenvalue weighted by Crippen LogP contribution is -1.32. The Kier molecular flexibility index (Phi) is 0.398. The first-order chi connectivity index (χ1) is 1.89. The first-order valence-corrected chi connectivity index (χ1v) is 1.95. The van der Waals surface area contributed by atoms with Crippen LogP contribution in [0.15, 0.2) is 4.40 Å². The number of hydrogen-bond acceptors (Lipinski definition) is 2. The van der Waals surface area contributed by atoms with Crippen molar-refractivity contribution in [1.82, 2.24) is 0 Å². The topological polar surface area (TPSA) is 12.4 Å². The summed E-state index contributed by atoms with van der Waals surface area (Å²) in [7, 11) is 0. The average molecular weight is 93.5 g/mol. The average Bonchev–Trinajstić information content (AvgIpc) is 1.75. The van der Waals surface area contributed by atoms with Gasteiger partial charge >= 0.3 is 0 Å². The van der Waals surface area contributed by atoms with E-state index in [2.05, 4.69) is 4.40 Å². The summed E-state index contributed by atoms with van der Waals surface area (Å²) in [5.74, 6) is 0. The fourth-order valence-corrected chi connectivity index (χ4v) is 0.155. The highest BCUT2D eigenvalue weighted by Crippen LogP contribution is 2.24. The third-order valence-electron chi connectivity index (χ3n) is 0.160. The zero-order valence-electron chi connectivity index (χ0n) is 1.73. The summed E-state index contributed by atoms with van der Waals surface area (Å²) in [5.41, 5.74) is 0. The highest BCUT2D eigenvalue weighted by molar-refractivity contribution is 8.23. The van der Waals surface area contributed by atoms with Gasteiger partial charge in [-0.1, -0.05) is 11.6 Å². The van der Waals surface area contributed by atoms with Gasteiger partial charge < -0.3 is 0 Å². The number of halogens is 1. The lowest BCUT2D eigenvalue weighted by molar-refractivity contribution is 2.13. The van der Waals surface area contributed by atoms with Crippen molar-refractivity contribution in [2.45, 2.75) is 0 Å². The molecule has 0 amide bonds. The fraction of sp³-hybridized carbons (Fsp3) is 0. The van der Waals surface area contributed by atoms with Crippen molar-refractivity contribution >= 4 is 28.1 Å². The van der Waals surface area contributed by atoms with Crippen molar-refractivity contribution in [2.75, 3.05) is 0 Å². The van der Waals surface area contributed by atoms with Gasteiger partial charge in [0.1, 0.15) is 0 Å². The SMILES string of the molecule is ClC1=NS1. The van der Waals surface area contributed by atoms with E-state index in [1.165, 1.54) is 11.9 Å². The van der Waals surface area contributed by atoms with Gasteiger partial charge in [-0.25, -0.2) is 0 Å². The first kappa shape index (κ1) is 2.54. The maximum Gasteiger partial charge on any atom is 0.193 e. The van der Waals surface area contributed by atoms with E-state index in [9.17, 15) is 0 Å². The second-order valence-corrected chi connectivity index (χ2v) is 1.77. The van der Waals surface area contributed by atoms with Crippen molar-refractivity contribution in [3.63, 3.8) is 0 Å². The summed E-state index contributed by atoms with van der Waals surface area (Å²) in [6.07, 6.45) is 0. The molecular formula is CClNS. The van der Waals surface area contributed by atoms with E-state index >= 15 is 0 Å². The second kappa shape index (κ2) is 0.626. The molecule has 0 spiro atoms. The summed E-state index contributed by atoms with van der Waals surface area (Å²) in [5, 5.41) is 0. The van der Waals surface area contributed by atoms with Crippen LogP contribution >= 0.6 is 23.5 Å². The fourth-order valence-electron chi connectivity index (χ4n) is 0.0173. The van der Waals surface area contributed by atoms with E-state index in [1.807, 2.05) is 0 Å². The van der Waals surface area contributed by atoms with Crippen LogP contribution in [0.4, 0.5) is 0 Å². The monoisotopic (exact) mass is 92.9 g/mol. The molecule has 22 valence electrons.